The van der Waals surface area contributed by atoms with Crippen molar-refractivity contribution in [3.05, 3.63) is 92.8 Å². The number of aromatic hydroxyl groups is 1. The molecule has 0 aliphatic heterocycles. The van der Waals surface area contributed by atoms with Gasteiger partial charge in [0.05, 0.1) is 22.2 Å². The Hall–Kier alpha value is -2.77. The average Bonchev–Trinajstić information content (AvgIpc) is 3.07. The SMILES string of the molecule is CCOC(=O)c1c(CSc2ccc(F)cc2C)n(Cc2ccc(C)cc2)c2cc(Br)c(O)cc12. The van der Waals surface area contributed by atoms with Gasteiger partial charge in [0.1, 0.15) is 11.6 Å². The van der Waals surface area contributed by atoms with Crippen LogP contribution in [-0.2, 0) is 17.0 Å². The minimum atomic E-state index is -0.427. The molecule has 0 radical (unpaired) electrons. The Morgan fingerprint density at radius 1 is 1.12 bits per heavy atom. The number of aryl methyl sites for hydroxylation is 2. The molecule has 0 bridgehead atoms. The molecule has 7 heteroatoms. The Balaban J connectivity index is 1.88. The fraction of sp³-hybridized carbons (Fsp3) is 0.222. The van der Waals surface area contributed by atoms with Crippen LogP contribution in [0.25, 0.3) is 10.9 Å². The third-order valence-electron chi connectivity index (χ3n) is 5.68. The highest BCUT2D eigenvalue weighted by molar-refractivity contribution is 9.10. The molecule has 1 N–H and O–H groups in total. The fourth-order valence-electron chi connectivity index (χ4n) is 3.97. The van der Waals surface area contributed by atoms with Crippen molar-refractivity contribution in [1.82, 2.24) is 4.57 Å². The average molecular weight is 542 g/mol. The van der Waals surface area contributed by atoms with Gasteiger partial charge >= 0.3 is 5.97 Å². The first-order valence-corrected chi connectivity index (χ1v) is 12.7. The molecule has 34 heavy (non-hydrogen) atoms. The first-order valence-electron chi connectivity index (χ1n) is 10.9. The second-order valence-electron chi connectivity index (χ2n) is 8.13. The van der Waals surface area contributed by atoms with Crippen LogP contribution in [0.3, 0.4) is 0 Å². The van der Waals surface area contributed by atoms with E-state index in [1.165, 1.54) is 29.5 Å². The monoisotopic (exact) mass is 541 g/mol. The molecule has 0 amide bonds. The molecule has 0 atom stereocenters. The summed E-state index contributed by atoms with van der Waals surface area (Å²) in [6.07, 6.45) is 0. The van der Waals surface area contributed by atoms with Crippen molar-refractivity contribution in [1.29, 1.82) is 0 Å². The number of ether oxygens (including phenoxy) is 1. The van der Waals surface area contributed by atoms with Crippen LogP contribution in [0.2, 0.25) is 0 Å². The van der Waals surface area contributed by atoms with Crippen molar-refractivity contribution in [2.75, 3.05) is 6.61 Å². The van der Waals surface area contributed by atoms with Gasteiger partial charge in [0.15, 0.2) is 0 Å². The van der Waals surface area contributed by atoms with Gasteiger partial charge in [0.25, 0.3) is 0 Å². The van der Waals surface area contributed by atoms with E-state index in [0.29, 0.717) is 27.7 Å². The summed E-state index contributed by atoms with van der Waals surface area (Å²) < 4.78 is 21.7. The zero-order chi connectivity index (χ0) is 24.4. The lowest BCUT2D eigenvalue weighted by atomic mass is 10.1. The lowest BCUT2D eigenvalue weighted by Gasteiger charge is -2.14. The number of carbonyl (C=O) groups is 1. The summed E-state index contributed by atoms with van der Waals surface area (Å²) in [7, 11) is 0. The van der Waals surface area contributed by atoms with Crippen LogP contribution in [0.4, 0.5) is 4.39 Å². The summed E-state index contributed by atoms with van der Waals surface area (Å²) in [6.45, 7) is 6.48. The quantitative estimate of drug-likeness (QED) is 0.196. The third-order valence-corrected chi connectivity index (χ3v) is 7.50. The number of carbonyl (C=O) groups excluding carboxylic acids is 1. The topological polar surface area (TPSA) is 51.5 Å². The largest absolute Gasteiger partial charge is 0.507 e. The predicted molar refractivity (Wildman–Crippen MR) is 138 cm³/mol. The Kier molecular flexibility index (Phi) is 7.33. The highest BCUT2D eigenvalue weighted by Gasteiger charge is 2.25. The molecular formula is C27H25BrFNO3S. The minimum absolute atomic E-state index is 0.0547. The van der Waals surface area contributed by atoms with Gasteiger partial charge in [-0.25, -0.2) is 9.18 Å². The molecule has 0 saturated carbocycles. The zero-order valence-corrected chi connectivity index (χ0v) is 21.6. The van der Waals surface area contributed by atoms with E-state index in [0.717, 1.165) is 27.2 Å². The third kappa shape index (κ3) is 5.00. The Labute approximate surface area is 210 Å². The highest BCUT2D eigenvalue weighted by atomic mass is 79.9. The molecule has 4 nitrogen and oxygen atoms in total. The highest BCUT2D eigenvalue weighted by Crippen LogP contribution is 2.38. The lowest BCUT2D eigenvalue weighted by molar-refractivity contribution is 0.0527. The van der Waals surface area contributed by atoms with Crippen LogP contribution in [0.15, 0.2) is 64.0 Å². The number of halogens is 2. The van der Waals surface area contributed by atoms with E-state index < -0.39 is 5.97 Å². The molecule has 0 saturated heterocycles. The van der Waals surface area contributed by atoms with Crippen LogP contribution in [0.5, 0.6) is 5.75 Å². The van der Waals surface area contributed by atoms with Gasteiger partial charge in [0, 0.05) is 28.3 Å². The van der Waals surface area contributed by atoms with Crippen molar-refractivity contribution >= 4 is 44.6 Å². The smallest absolute Gasteiger partial charge is 0.340 e. The standard InChI is InChI=1S/C27H25BrFNO3S/c1-4-33-27(32)26-20-12-24(31)21(28)13-22(20)30(14-18-7-5-16(2)6-8-18)23(26)15-34-25-10-9-19(29)11-17(25)3/h5-13,31H,4,14-15H2,1-3H3. The number of thioether (sulfide) groups is 1. The number of hydrogen-bond donors (Lipinski definition) is 1. The summed E-state index contributed by atoms with van der Waals surface area (Å²) in [6, 6.07) is 16.4. The van der Waals surface area contributed by atoms with Gasteiger partial charge in [-0.1, -0.05) is 29.8 Å². The predicted octanol–water partition coefficient (Wildman–Crippen LogP) is 7.38. The van der Waals surface area contributed by atoms with Gasteiger partial charge in [-0.05, 0) is 78.2 Å². The van der Waals surface area contributed by atoms with E-state index in [2.05, 4.69) is 44.8 Å². The van der Waals surface area contributed by atoms with E-state index in [-0.39, 0.29) is 18.2 Å². The van der Waals surface area contributed by atoms with Gasteiger partial charge < -0.3 is 14.4 Å². The number of benzene rings is 3. The summed E-state index contributed by atoms with van der Waals surface area (Å²) in [5, 5.41) is 11.0. The van der Waals surface area contributed by atoms with Crippen molar-refractivity contribution in [3.8, 4) is 5.75 Å². The first-order chi connectivity index (χ1) is 16.3. The van der Waals surface area contributed by atoms with Crippen LogP contribution in [0, 0.1) is 19.7 Å². The molecule has 4 aromatic rings. The summed E-state index contributed by atoms with van der Waals surface area (Å²) in [4.78, 5) is 14.1. The van der Waals surface area contributed by atoms with Crippen LogP contribution < -0.4 is 0 Å². The maximum atomic E-state index is 13.6. The second kappa shape index (κ2) is 10.2. The van der Waals surface area contributed by atoms with Crippen LogP contribution >= 0.6 is 27.7 Å². The Morgan fingerprint density at radius 2 is 1.85 bits per heavy atom. The van der Waals surface area contributed by atoms with Crippen LogP contribution in [0.1, 0.15) is 39.7 Å². The van der Waals surface area contributed by atoms with Gasteiger partial charge in [0.2, 0.25) is 0 Å². The van der Waals surface area contributed by atoms with Gasteiger partial charge in [-0.15, -0.1) is 11.8 Å². The van der Waals surface area contributed by atoms with E-state index in [4.69, 9.17) is 4.74 Å². The van der Waals surface area contributed by atoms with E-state index in [9.17, 15) is 14.3 Å². The fourth-order valence-corrected chi connectivity index (χ4v) is 5.34. The number of hydrogen-bond acceptors (Lipinski definition) is 4. The molecule has 4 rings (SSSR count). The van der Waals surface area contributed by atoms with Crippen molar-refractivity contribution in [3.63, 3.8) is 0 Å². The molecule has 0 unspecified atom stereocenters. The Bertz CT molecular complexity index is 1370. The number of phenolic OH excluding ortho intramolecular Hbond substituents is 1. The van der Waals surface area contributed by atoms with E-state index in [1.807, 2.05) is 19.9 Å². The molecule has 176 valence electrons. The number of phenols is 1. The first kappa shape index (κ1) is 24.4. The molecule has 3 aromatic carbocycles. The molecule has 0 fully saturated rings. The molecule has 1 heterocycles. The maximum absolute atomic E-state index is 13.6. The maximum Gasteiger partial charge on any atom is 0.340 e. The summed E-state index contributed by atoms with van der Waals surface area (Å²) >= 11 is 4.96. The number of rotatable bonds is 7. The Morgan fingerprint density at radius 3 is 2.53 bits per heavy atom. The molecule has 0 spiro atoms. The minimum Gasteiger partial charge on any atom is -0.507 e. The summed E-state index contributed by atoms with van der Waals surface area (Å²) in [5.74, 6) is -0.176. The molecule has 0 aliphatic carbocycles. The van der Waals surface area contributed by atoms with Crippen molar-refractivity contribution < 1.29 is 19.0 Å². The molecular weight excluding hydrogens is 517 g/mol. The normalized spacial score (nSPS) is 11.2. The second-order valence-corrected chi connectivity index (χ2v) is 10.0. The zero-order valence-electron chi connectivity index (χ0n) is 19.2. The summed E-state index contributed by atoms with van der Waals surface area (Å²) in [5.41, 5.74) is 5.15. The van der Waals surface area contributed by atoms with Crippen LogP contribution in [-0.4, -0.2) is 22.2 Å². The number of nitrogens with zero attached hydrogens (tertiary/aromatic N) is 1. The molecule has 1 aromatic heterocycles. The van der Waals surface area contributed by atoms with E-state index in [1.54, 1.807) is 19.1 Å². The number of esters is 1. The van der Waals surface area contributed by atoms with Crippen molar-refractivity contribution in [2.24, 2.45) is 0 Å². The molecule has 0 aliphatic rings. The van der Waals surface area contributed by atoms with Gasteiger partial charge in [-0.2, -0.15) is 0 Å². The van der Waals surface area contributed by atoms with Gasteiger partial charge in [-0.3, -0.25) is 0 Å². The van der Waals surface area contributed by atoms with E-state index >= 15 is 0 Å². The number of aromatic nitrogens is 1. The number of fused-ring (bicyclic) bond motifs is 1. The lowest BCUT2D eigenvalue weighted by Crippen LogP contribution is -2.10. The van der Waals surface area contributed by atoms with Crippen molar-refractivity contribution in [2.45, 2.75) is 38.0 Å².